The molecule has 138 valence electrons. The molecule has 9 heteroatoms. The van der Waals surface area contributed by atoms with Gasteiger partial charge in [0, 0.05) is 31.9 Å². The van der Waals surface area contributed by atoms with Crippen molar-refractivity contribution in [2.75, 3.05) is 13.6 Å². The maximum atomic E-state index is 11.8. The molecule has 2 heterocycles. The fraction of sp³-hybridized carbons (Fsp3) is 0.438. The number of halogens is 1. The van der Waals surface area contributed by atoms with Crippen LogP contribution in [0.5, 0.6) is 0 Å². The van der Waals surface area contributed by atoms with Gasteiger partial charge in [0.15, 0.2) is 5.96 Å². The fourth-order valence-corrected chi connectivity index (χ4v) is 2.29. The van der Waals surface area contributed by atoms with Gasteiger partial charge in [-0.15, -0.1) is 24.0 Å². The van der Waals surface area contributed by atoms with Crippen molar-refractivity contribution in [3.8, 4) is 0 Å². The van der Waals surface area contributed by atoms with Gasteiger partial charge in [-0.1, -0.05) is 0 Å². The Hall–Kier alpha value is -2.04. The second-order valence-electron chi connectivity index (χ2n) is 5.41. The van der Waals surface area contributed by atoms with Gasteiger partial charge in [-0.2, -0.15) is 5.10 Å². The van der Waals surface area contributed by atoms with E-state index in [2.05, 4.69) is 26.0 Å². The number of nitrogens with zero attached hydrogens (tertiary/aromatic N) is 3. The van der Waals surface area contributed by atoms with Crippen molar-refractivity contribution >= 4 is 35.8 Å². The van der Waals surface area contributed by atoms with E-state index >= 15 is 0 Å². The van der Waals surface area contributed by atoms with E-state index in [4.69, 9.17) is 4.42 Å². The van der Waals surface area contributed by atoms with Crippen LogP contribution >= 0.6 is 24.0 Å². The van der Waals surface area contributed by atoms with Crippen molar-refractivity contribution in [3.63, 3.8) is 0 Å². The van der Waals surface area contributed by atoms with Crippen molar-refractivity contribution in [1.29, 1.82) is 0 Å². The number of rotatable bonds is 6. The molecule has 0 aliphatic rings. The first kappa shape index (κ1) is 21.0. The number of amides is 1. The Morgan fingerprint density at radius 2 is 2.04 bits per heavy atom. The maximum Gasteiger partial charge on any atom is 0.239 e. The summed E-state index contributed by atoms with van der Waals surface area (Å²) < 4.78 is 7.02. The van der Waals surface area contributed by atoms with Crippen LogP contribution in [0.4, 0.5) is 0 Å². The van der Waals surface area contributed by atoms with Gasteiger partial charge in [0.1, 0.15) is 5.76 Å². The molecule has 0 atom stereocenters. The molecule has 0 aliphatic heterocycles. The average molecular weight is 460 g/mol. The van der Waals surface area contributed by atoms with Gasteiger partial charge in [0.05, 0.1) is 25.0 Å². The Labute approximate surface area is 164 Å². The molecule has 0 aromatic carbocycles. The Kier molecular flexibility index (Phi) is 8.46. The normalized spacial score (nSPS) is 11.0. The highest BCUT2D eigenvalue weighted by Crippen LogP contribution is 2.10. The first-order valence-corrected chi connectivity index (χ1v) is 7.74. The summed E-state index contributed by atoms with van der Waals surface area (Å²) in [6.07, 6.45) is 1.58. The summed E-state index contributed by atoms with van der Waals surface area (Å²) in [4.78, 5) is 16.0. The lowest BCUT2D eigenvalue weighted by Gasteiger charge is -2.12. The predicted molar refractivity (Wildman–Crippen MR) is 107 cm³/mol. The minimum Gasteiger partial charge on any atom is -0.467 e. The third-order valence-electron chi connectivity index (χ3n) is 3.77. The van der Waals surface area contributed by atoms with E-state index in [1.165, 1.54) is 0 Å². The van der Waals surface area contributed by atoms with Gasteiger partial charge in [-0.05, 0) is 26.0 Å². The van der Waals surface area contributed by atoms with Crippen LogP contribution in [-0.2, 0) is 24.9 Å². The Morgan fingerprint density at radius 3 is 2.60 bits per heavy atom. The summed E-state index contributed by atoms with van der Waals surface area (Å²) >= 11 is 0. The lowest BCUT2D eigenvalue weighted by molar-refractivity contribution is -0.120. The predicted octanol–water partition coefficient (Wildman–Crippen LogP) is 1.23. The number of carbonyl (C=O) groups excluding carboxylic acids is 1. The molecule has 0 bridgehead atoms. The number of aryl methyl sites for hydroxylation is 2. The highest BCUT2D eigenvalue weighted by atomic mass is 127. The van der Waals surface area contributed by atoms with Gasteiger partial charge in [-0.25, -0.2) is 0 Å². The van der Waals surface area contributed by atoms with E-state index in [9.17, 15) is 4.79 Å². The maximum absolute atomic E-state index is 11.8. The lowest BCUT2D eigenvalue weighted by atomic mass is 10.2. The first-order valence-electron chi connectivity index (χ1n) is 7.74. The van der Waals surface area contributed by atoms with Gasteiger partial charge >= 0.3 is 0 Å². The number of furan rings is 1. The Morgan fingerprint density at radius 1 is 1.28 bits per heavy atom. The summed E-state index contributed by atoms with van der Waals surface area (Å²) in [5.74, 6) is 1.14. The van der Waals surface area contributed by atoms with E-state index in [1.54, 1.807) is 19.4 Å². The van der Waals surface area contributed by atoms with E-state index in [-0.39, 0.29) is 36.4 Å². The molecule has 0 aliphatic carbocycles. The molecular formula is C16H25IN6O2. The second kappa shape index (κ2) is 10.1. The zero-order chi connectivity index (χ0) is 17.5. The van der Waals surface area contributed by atoms with Crippen LogP contribution < -0.4 is 16.0 Å². The molecule has 0 saturated heterocycles. The van der Waals surface area contributed by atoms with Gasteiger partial charge in [0.2, 0.25) is 5.91 Å². The highest BCUT2D eigenvalue weighted by molar-refractivity contribution is 14.0. The van der Waals surface area contributed by atoms with E-state index < -0.39 is 0 Å². The van der Waals surface area contributed by atoms with E-state index in [0.717, 1.165) is 17.0 Å². The topological polar surface area (TPSA) is 96.5 Å². The quantitative estimate of drug-likeness (QED) is 0.343. The third kappa shape index (κ3) is 6.07. The smallest absolute Gasteiger partial charge is 0.239 e. The van der Waals surface area contributed by atoms with Crippen LogP contribution in [-0.4, -0.2) is 35.2 Å². The zero-order valence-electron chi connectivity index (χ0n) is 14.9. The molecule has 3 N–H and O–H groups in total. The number of aliphatic imine (C=N–C) groups is 1. The van der Waals surface area contributed by atoms with Crippen molar-refractivity contribution in [1.82, 2.24) is 25.7 Å². The standard InChI is InChI=1S/C16H24N6O2.HI/c1-11-14(12(2)22(4)21-11)9-19-16(17-3)20-10-15(23)18-8-13-6-5-7-24-13;/h5-7H,8-10H2,1-4H3,(H,18,23)(H2,17,19,20);1H. The van der Waals surface area contributed by atoms with Crippen LogP contribution in [0.1, 0.15) is 22.7 Å². The van der Waals surface area contributed by atoms with E-state index in [0.29, 0.717) is 24.8 Å². The van der Waals surface area contributed by atoms with E-state index in [1.807, 2.05) is 31.6 Å². The van der Waals surface area contributed by atoms with Crippen LogP contribution in [0.2, 0.25) is 0 Å². The fourth-order valence-electron chi connectivity index (χ4n) is 2.29. The summed E-state index contributed by atoms with van der Waals surface area (Å²) in [6, 6.07) is 3.60. The number of aromatic nitrogens is 2. The molecule has 1 amide bonds. The van der Waals surface area contributed by atoms with Gasteiger partial charge < -0.3 is 20.4 Å². The highest BCUT2D eigenvalue weighted by Gasteiger charge is 2.10. The summed E-state index contributed by atoms with van der Waals surface area (Å²) in [6.45, 7) is 5.09. The Bertz CT molecular complexity index is 709. The summed E-state index contributed by atoms with van der Waals surface area (Å²) in [7, 11) is 3.58. The molecule has 2 aromatic heterocycles. The molecule has 8 nitrogen and oxygen atoms in total. The van der Waals surface area contributed by atoms with Crippen molar-refractivity contribution < 1.29 is 9.21 Å². The summed E-state index contributed by atoms with van der Waals surface area (Å²) in [5, 5.41) is 13.3. The molecule has 25 heavy (non-hydrogen) atoms. The largest absolute Gasteiger partial charge is 0.467 e. The van der Waals surface area contributed by atoms with Crippen LogP contribution in [0.25, 0.3) is 0 Å². The third-order valence-corrected chi connectivity index (χ3v) is 3.77. The first-order chi connectivity index (χ1) is 11.5. The molecule has 0 spiro atoms. The number of guanidine groups is 1. The molecular weight excluding hydrogens is 435 g/mol. The van der Waals surface area contributed by atoms with Crippen molar-refractivity contribution in [3.05, 3.63) is 41.1 Å². The molecule has 0 saturated carbocycles. The molecule has 0 fully saturated rings. The van der Waals surface area contributed by atoms with Crippen molar-refractivity contribution in [2.45, 2.75) is 26.9 Å². The van der Waals surface area contributed by atoms with Crippen LogP contribution in [0, 0.1) is 13.8 Å². The SMILES string of the molecule is CN=C(NCC(=O)NCc1ccco1)NCc1c(C)nn(C)c1C.I. The Balaban J connectivity index is 0.00000312. The summed E-state index contributed by atoms with van der Waals surface area (Å²) in [5.41, 5.74) is 3.21. The monoisotopic (exact) mass is 460 g/mol. The molecule has 2 aromatic rings. The van der Waals surface area contributed by atoms with Crippen LogP contribution in [0.3, 0.4) is 0 Å². The number of hydrogen-bond acceptors (Lipinski definition) is 4. The minimum atomic E-state index is -0.136. The molecule has 0 unspecified atom stereocenters. The lowest BCUT2D eigenvalue weighted by Crippen LogP contribution is -2.42. The second-order valence-corrected chi connectivity index (χ2v) is 5.41. The van der Waals surface area contributed by atoms with Gasteiger partial charge in [-0.3, -0.25) is 14.5 Å². The minimum absolute atomic E-state index is 0. The average Bonchev–Trinajstić information content (AvgIpc) is 3.16. The van der Waals surface area contributed by atoms with Crippen LogP contribution in [0.15, 0.2) is 27.8 Å². The number of hydrogen-bond donors (Lipinski definition) is 3. The number of nitrogens with one attached hydrogen (secondary N) is 3. The number of carbonyl (C=O) groups is 1. The molecule has 2 rings (SSSR count). The van der Waals surface area contributed by atoms with Gasteiger partial charge in [0.25, 0.3) is 0 Å². The zero-order valence-corrected chi connectivity index (χ0v) is 17.3. The molecule has 0 radical (unpaired) electrons. The van der Waals surface area contributed by atoms with Crippen molar-refractivity contribution in [2.24, 2.45) is 12.0 Å².